The highest BCUT2D eigenvalue weighted by molar-refractivity contribution is 6.95. The summed E-state index contributed by atoms with van der Waals surface area (Å²) in [6.45, 7) is 10.2. The van der Waals surface area contributed by atoms with Crippen molar-refractivity contribution in [2.24, 2.45) is 0 Å². The van der Waals surface area contributed by atoms with Crippen LogP contribution in [0.15, 0.2) is 36.4 Å². The molecule has 0 fully saturated rings. The fourth-order valence-electron chi connectivity index (χ4n) is 4.02. The Morgan fingerprint density at radius 1 is 0.429 bits per heavy atom. The molecular formula is C24H24BF3. The van der Waals surface area contributed by atoms with Gasteiger partial charge >= 0.3 is 0 Å². The van der Waals surface area contributed by atoms with Gasteiger partial charge in [0, 0.05) is 0 Å². The first-order valence-electron chi connectivity index (χ1n) is 9.40. The second kappa shape index (κ2) is 7.50. The summed E-state index contributed by atoms with van der Waals surface area (Å²) in [4.78, 5) is 0. The van der Waals surface area contributed by atoms with Gasteiger partial charge < -0.3 is 0 Å². The van der Waals surface area contributed by atoms with E-state index in [4.69, 9.17) is 0 Å². The number of hydrogen-bond acceptors (Lipinski definition) is 0. The largest absolute Gasteiger partial charge is 0.241 e. The van der Waals surface area contributed by atoms with Crippen molar-refractivity contribution in [1.82, 2.24) is 0 Å². The van der Waals surface area contributed by atoms with Crippen LogP contribution in [0, 0.1) is 59.0 Å². The minimum Gasteiger partial charge on any atom is -0.206 e. The molecule has 0 atom stereocenters. The maximum absolute atomic E-state index is 14.2. The molecule has 3 rings (SSSR count). The van der Waals surface area contributed by atoms with Gasteiger partial charge in [-0.25, -0.2) is 13.2 Å². The summed E-state index contributed by atoms with van der Waals surface area (Å²) in [7, 11) is 0. The molecule has 0 N–H and O–H groups in total. The summed E-state index contributed by atoms with van der Waals surface area (Å²) < 4.78 is 42.7. The van der Waals surface area contributed by atoms with E-state index in [1.165, 1.54) is 0 Å². The van der Waals surface area contributed by atoms with Crippen molar-refractivity contribution >= 4 is 23.1 Å². The second-order valence-electron chi connectivity index (χ2n) is 7.84. The molecule has 0 unspecified atom stereocenters. The van der Waals surface area contributed by atoms with Crippen LogP contribution in [0.5, 0.6) is 0 Å². The van der Waals surface area contributed by atoms with Crippen molar-refractivity contribution < 1.29 is 13.2 Å². The lowest BCUT2D eigenvalue weighted by Gasteiger charge is -2.20. The quantitative estimate of drug-likeness (QED) is 0.589. The average Bonchev–Trinajstić information content (AvgIpc) is 2.62. The smallest absolute Gasteiger partial charge is 0.206 e. The molecule has 0 aromatic heterocycles. The molecule has 3 aromatic carbocycles. The summed E-state index contributed by atoms with van der Waals surface area (Å²) in [6, 6.07) is 11.0. The zero-order valence-electron chi connectivity index (χ0n) is 17.2. The Hall–Kier alpha value is -2.49. The molecule has 3 aromatic rings. The lowest BCUT2D eigenvalue weighted by Crippen LogP contribution is -2.52. The predicted octanol–water partition coefficient (Wildman–Crippen LogP) is 4.47. The van der Waals surface area contributed by atoms with E-state index in [1.54, 1.807) is 41.5 Å². The Bertz CT molecular complexity index is 864. The van der Waals surface area contributed by atoms with E-state index in [0.29, 0.717) is 33.4 Å². The molecule has 28 heavy (non-hydrogen) atoms. The van der Waals surface area contributed by atoms with Gasteiger partial charge in [-0.1, -0.05) is 52.8 Å². The SMILES string of the molecule is Cc1cc(B(c2cc(C)c(F)c(C)c2)c2cc(C)c(F)c(C)c2)cc(C)c1F. The van der Waals surface area contributed by atoms with E-state index < -0.39 is 0 Å². The lowest BCUT2D eigenvalue weighted by molar-refractivity contribution is 0.610. The van der Waals surface area contributed by atoms with Gasteiger partial charge in [0.1, 0.15) is 17.5 Å². The maximum atomic E-state index is 14.2. The first-order chi connectivity index (χ1) is 13.1. The number of benzene rings is 3. The molecule has 0 bridgehead atoms. The van der Waals surface area contributed by atoms with E-state index >= 15 is 0 Å². The molecule has 0 amide bonds. The molecular weight excluding hydrogens is 356 g/mol. The fraction of sp³-hybridized carbons (Fsp3) is 0.250. The van der Waals surface area contributed by atoms with Crippen LogP contribution in [0.1, 0.15) is 33.4 Å². The van der Waals surface area contributed by atoms with Gasteiger partial charge in [-0.3, -0.25) is 0 Å². The normalized spacial score (nSPS) is 11.0. The summed E-state index contributed by atoms with van der Waals surface area (Å²) in [5.74, 6) is -0.665. The molecule has 0 saturated carbocycles. The summed E-state index contributed by atoms with van der Waals surface area (Å²) in [5, 5.41) is 0. The molecule has 0 radical (unpaired) electrons. The van der Waals surface area contributed by atoms with E-state index in [-0.39, 0.29) is 24.2 Å². The topological polar surface area (TPSA) is 0 Å². The molecule has 144 valence electrons. The van der Waals surface area contributed by atoms with Gasteiger partial charge in [-0.15, -0.1) is 0 Å². The van der Waals surface area contributed by atoms with Gasteiger partial charge in [0.05, 0.1) is 0 Å². The molecule has 0 aliphatic rings. The molecule has 0 saturated heterocycles. The highest BCUT2D eigenvalue weighted by Gasteiger charge is 2.25. The predicted molar refractivity (Wildman–Crippen MR) is 112 cm³/mol. The summed E-state index contributed by atoms with van der Waals surface area (Å²) in [5.41, 5.74) is 6.10. The molecule has 0 aliphatic heterocycles. The second-order valence-corrected chi connectivity index (χ2v) is 7.84. The van der Waals surface area contributed by atoms with Gasteiger partial charge in [0.25, 0.3) is 0 Å². The van der Waals surface area contributed by atoms with Gasteiger partial charge in [0.15, 0.2) is 0 Å². The van der Waals surface area contributed by atoms with Crippen molar-refractivity contribution in [1.29, 1.82) is 0 Å². The van der Waals surface area contributed by atoms with Crippen LogP contribution >= 0.6 is 0 Å². The summed E-state index contributed by atoms with van der Waals surface area (Å²) >= 11 is 0. The van der Waals surface area contributed by atoms with Gasteiger partial charge in [0.2, 0.25) is 6.71 Å². The highest BCUT2D eigenvalue weighted by atomic mass is 19.1. The lowest BCUT2D eigenvalue weighted by atomic mass is 9.36. The van der Waals surface area contributed by atoms with Crippen molar-refractivity contribution in [3.63, 3.8) is 0 Å². The van der Waals surface area contributed by atoms with E-state index in [1.807, 2.05) is 36.4 Å². The van der Waals surface area contributed by atoms with Crippen molar-refractivity contribution in [3.05, 3.63) is 87.2 Å². The Kier molecular flexibility index (Phi) is 5.42. The number of aryl methyl sites for hydroxylation is 6. The zero-order valence-corrected chi connectivity index (χ0v) is 17.2. The minimum atomic E-state index is -0.242. The summed E-state index contributed by atoms with van der Waals surface area (Å²) in [6.07, 6.45) is 0. The average molecular weight is 380 g/mol. The maximum Gasteiger partial charge on any atom is 0.241 e. The minimum absolute atomic E-state index is 0.222. The number of halogens is 3. The van der Waals surface area contributed by atoms with Crippen LogP contribution in [-0.2, 0) is 0 Å². The van der Waals surface area contributed by atoms with Crippen LogP contribution in [0.3, 0.4) is 0 Å². The van der Waals surface area contributed by atoms with Gasteiger partial charge in [-0.05, 0) is 74.9 Å². The van der Waals surface area contributed by atoms with E-state index in [9.17, 15) is 13.2 Å². The fourth-order valence-corrected chi connectivity index (χ4v) is 4.02. The third-order valence-corrected chi connectivity index (χ3v) is 5.38. The molecule has 4 heteroatoms. The van der Waals surface area contributed by atoms with E-state index in [0.717, 1.165) is 16.4 Å². The molecule has 0 nitrogen and oxygen atoms in total. The van der Waals surface area contributed by atoms with Crippen LogP contribution in [-0.4, -0.2) is 6.71 Å². The Labute approximate surface area is 165 Å². The van der Waals surface area contributed by atoms with Crippen LogP contribution in [0.4, 0.5) is 13.2 Å². The van der Waals surface area contributed by atoms with Crippen molar-refractivity contribution in [3.8, 4) is 0 Å². The first-order valence-corrected chi connectivity index (χ1v) is 9.40. The van der Waals surface area contributed by atoms with Crippen LogP contribution < -0.4 is 16.4 Å². The molecule has 0 spiro atoms. The molecule has 0 heterocycles. The van der Waals surface area contributed by atoms with Crippen LogP contribution in [0.25, 0.3) is 0 Å². The molecule has 0 aliphatic carbocycles. The Morgan fingerprint density at radius 2 is 0.607 bits per heavy atom. The highest BCUT2D eigenvalue weighted by Crippen LogP contribution is 2.15. The Balaban J connectivity index is 2.32. The monoisotopic (exact) mass is 380 g/mol. The third-order valence-electron chi connectivity index (χ3n) is 5.38. The Morgan fingerprint density at radius 3 is 0.786 bits per heavy atom. The third kappa shape index (κ3) is 3.60. The van der Waals surface area contributed by atoms with Crippen molar-refractivity contribution in [2.45, 2.75) is 41.5 Å². The first kappa shape index (κ1) is 20.3. The van der Waals surface area contributed by atoms with Gasteiger partial charge in [-0.2, -0.15) is 0 Å². The van der Waals surface area contributed by atoms with Crippen molar-refractivity contribution in [2.75, 3.05) is 0 Å². The standard InChI is InChI=1S/C24H24BF3/c1-13-7-19(8-14(2)22(13)26)25(20-9-15(3)23(27)16(4)10-20)21-11-17(5)24(28)18(6)12-21/h7-12H,1-6H3. The number of rotatable bonds is 3. The van der Waals surface area contributed by atoms with Crippen LogP contribution in [0.2, 0.25) is 0 Å². The van der Waals surface area contributed by atoms with E-state index in [2.05, 4.69) is 0 Å². The number of hydrogen-bond donors (Lipinski definition) is 0. The zero-order chi connectivity index (χ0) is 20.7.